The van der Waals surface area contributed by atoms with Crippen LogP contribution in [0.3, 0.4) is 0 Å². The first-order valence-electron chi connectivity index (χ1n) is 8.05. The van der Waals surface area contributed by atoms with Crippen LogP contribution in [0.1, 0.15) is 49.6 Å². The van der Waals surface area contributed by atoms with Crippen LogP contribution < -0.4 is 10.5 Å². The van der Waals surface area contributed by atoms with Gasteiger partial charge in [0.1, 0.15) is 6.26 Å². The fraction of sp³-hybridized carbons (Fsp3) is 0.625. The summed E-state index contributed by atoms with van der Waals surface area (Å²) in [6.07, 6.45) is 11.4. The van der Waals surface area contributed by atoms with Gasteiger partial charge in [-0.25, -0.2) is 4.98 Å². The van der Waals surface area contributed by atoms with E-state index in [0.29, 0.717) is 18.7 Å². The van der Waals surface area contributed by atoms with Gasteiger partial charge in [0.05, 0.1) is 18.8 Å². The SMILES string of the molecule is Cc1cn(C2CCC(N)CC2)nc1OCCCc1ncco1. The van der Waals surface area contributed by atoms with Gasteiger partial charge in [-0.15, -0.1) is 5.10 Å². The van der Waals surface area contributed by atoms with Crippen molar-refractivity contribution in [1.29, 1.82) is 0 Å². The zero-order valence-corrected chi connectivity index (χ0v) is 13.1. The summed E-state index contributed by atoms with van der Waals surface area (Å²) >= 11 is 0. The number of aromatic nitrogens is 3. The maximum absolute atomic E-state index is 5.96. The lowest BCUT2D eigenvalue weighted by Crippen LogP contribution is -2.28. The molecule has 0 bridgehead atoms. The smallest absolute Gasteiger partial charge is 0.235 e. The first kappa shape index (κ1) is 15.1. The summed E-state index contributed by atoms with van der Waals surface area (Å²) in [7, 11) is 0. The molecule has 0 unspecified atom stereocenters. The maximum Gasteiger partial charge on any atom is 0.235 e. The lowest BCUT2D eigenvalue weighted by Gasteiger charge is -2.26. The molecule has 2 N–H and O–H groups in total. The minimum atomic E-state index is 0.360. The van der Waals surface area contributed by atoms with Gasteiger partial charge < -0.3 is 14.9 Å². The number of nitrogens with zero attached hydrogens (tertiary/aromatic N) is 3. The van der Waals surface area contributed by atoms with E-state index in [9.17, 15) is 0 Å². The second kappa shape index (κ2) is 6.96. The normalized spacial score (nSPS) is 21.9. The van der Waals surface area contributed by atoms with Crippen molar-refractivity contribution in [2.45, 2.75) is 57.5 Å². The van der Waals surface area contributed by atoms with E-state index in [-0.39, 0.29) is 0 Å². The second-order valence-electron chi connectivity index (χ2n) is 6.04. The molecule has 2 aromatic rings. The molecule has 0 amide bonds. The molecule has 2 heterocycles. The average Bonchev–Trinajstić information content (AvgIpc) is 3.15. The lowest BCUT2D eigenvalue weighted by atomic mass is 9.92. The van der Waals surface area contributed by atoms with Crippen molar-refractivity contribution in [2.24, 2.45) is 5.73 Å². The largest absolute Gasteiger partial charge is 0.476 e. The third kappa shape index (κ3) is 3.68. The number of aryl methyl sites for hydroxylation is 2. The highest BCUT2D eigenvalue weighted by atomic mass is 16.5. The molecule has 0 spiro atoms. The molecule has 0 atom stereocenters. The van der Waals surface area contributed by atoms with E-state index < -0.39 is 0 Å². The van der Waals surface area contributed by atoms with Gasteiger partial charge >= 0.3 is 0 Å². The van der Waals surface area contributed by atoms with Gasteiger partial charge in [-0.2, -0.15) is 0 Å². The van der Waals surface area contributed by atoms with Crippen LogP contribution in [-0.4, -0.2) is 27.4 Å². The molecule has 120 valence electrons. The lowest BCUT2D eigenvalue weighted by molar-refractivity contribution is 0.271. The van der Waals surface area contributed by atoms with E-state index in [1.807, 2.05) is 6.92 Å². The van der Waals surface area contributed by atoms with Gasteiger partial charge in [-0.1, -0.05) is 0 Å². The molecule has 6 heteroatoms. The molecular formula is C16H24N4O2. The molecule has 2 aromatic heterocycles. The topological polar surface area (TPSA) is 79.1 Å². The standard InChI is InChI=1S/C16H24N4O2/c1-12-11-20(14-6-4-13(17)5-7-14)19-16(12)22-9-2-3-15-18-8-10-21-15/h8,10-11,13-14H,2-7,9,17H2,1H3. The number of hydrogen-bond acceptors (Lipinski definition) is 5. The number of nitrogens with two attached hydrogens (primary N) is 1. The van der Waals surface area contributed by atoms with Crippen molar-refractivity contribution >= 4 is 0 Å². The predicted molar refractivity (Wildman–Crippen MR) is 82.8 cm³/mol. The van der Waals surface area contributed by atoms with E-state index in [4.69, 9.17) is 14.9 Å². The van der Waals surface area contributed by atoms with Crippen LogP contribution >= 0.6 is 0 Å². The highest BCUT2D eigenvalue weighted by molar-refractivity contribution is 5.21. The molecule has 0 radical (unpaired) electrons. The Labute approximate surface area is 130 Å². The van der Waals surface area contributed by atoms with Crippen molar-refractivity contribution in [3.05, 3.63) is 30.1 Å². The van der Waals surface area contributed by atoms with Gasteiger partial charge in [0.2, 0.25) is 5.88 Å². The maximum atomic E-state index is 5.96. The Bertz CT molecular complexity index is 571. The van der Waals surface area contributed by atoms with Crippen LogP contribution in [-0.2, 0) is 6.42 Å². The molecule has 22 heavy (non-hydrogen) atoms. The van der Waals surface area contributed by atoms with Crippen molar-refractivity contribution in [1.82, 2.24) is 14.8 Å². The highest BCUT2D eigenvalue weighted by Gasteiger charge is 2.21. The Morgan fingerprint density at radius 2 is 2.18 bits per heavy atom. The minimum absolute atomic E-state index is 0.360. The molecule has 0 aromatic carbocycles. The molecule has 0 saturated heterocycles. The highest BCUT2D eigenvalue weighted by Crippen LogP contribution is 2.29. The van der Waals surface area contributed by atoms with Crippen LogP contribution in [0.2, 0.25) is 0 Å². The molecular weight excluding hydrogens is 280 g/mol. The quantitative estimate of drug-likeness (QED) is 0.830. The fourth-order valence-electron chi connectivity index (χ4n) is 2.93. The summed E-state index contributed by atoms with van der Waals surface area (Å²) in [4.78, 5) is 4.10. The summed E-state index contributed by atoms with van der Waals surface area (Å²) in [5, 5.41) is 4.61. The van der Waals surface area contributed by atoms with Gasteiger partial charge in [-0.05, 0) is 39.0 Å². The third-order valence-corrected chi connectivity index (χ3v) is 4.24. The van der Waals surface area contributed by atoms with Crippen LogP contribution in [0.5, 0.6) is 5.88 Å². The monoisotopic (exact) mass is 304 g/mol. The molecule has 3 rings (SSSR count). The van der Waals surface area contributed by atoms with Gasteiger partial charge in [0.15, 0.2) is 5.89 Å². The van der Waals surface area contributed by atoms with Crippen molar-refractivity contribution in [3.63, 3.8) is 0 Å². The molecule has 1 aliphatic rings. The molecule has 0 aliphatic heterocycles. The summed E-state index contributed by atoms with van der Waals surface area (Å²) in [5.74, 6) is 1.49. The number of oxazole rings is 1. The Kier molecular flexibility index (Phi) is 4.77. The average molecular weight is 304 g/mol. The van der Waals surface area contributed by atoms with Crippen LogP contribution in [0.15, 0.2) is 23.1 Å². The van der Waals surface area contributed by atoms with Gasteiger partial charge in [-0.3, -0.25) is 4.68 Å². The van der Waals surface area contributed by atoms with E-state index in [1.54, 1.807) is 12.5 Å². The Hall–Kier alpha value is -1.82. The van der Waals surface area contributed by atoms with Crippen LogP contribution in [0.4, 0.5) is 0 Å². The molecule has 6 nitrogen and oxygen atoms in total. The molecule has 1 aliphatic carbocycles. The summed E-state index contributed by atoms with van der Waals surface area (Å²) < 4.78 is 13.1. The summed E-state index contributed by atoms with van der Waals surface area (Å²) in [5.41, 5.74) is 7.05. The first-order chi connectivity index (χ1) is 10.7. The Morgan fingerprint density at radius 1 is 1.36 bits per heavy atom. The molecule has 1 saturated carbocycles. The van der Waals surface area contributed by atoms with Crippen LogP contribution in [0, 0.1) is 6.92 Å². The molecule has 1 fully saturated rings. The summed E-state index contributed by atoms with van der Waals surface area (Å²) in [6, 6.07) is 0.821. The Balaban J connectivity index is 1.49. The number of hydrogen-bond donors (Lipinski definition) is 1. The Morgan fingerprint density at radius 3 is 2.91 bits per heavy atom. The zero-order chi connectivity index (χ0) is 15.4. The summed E-state index contributed by atoms with van der Waals surface area (Å²) in [6.45, 7) is 2.66. The van der Waals surface area contributed by atoms with E-state index >= 15 is 0 Å². The van der Waals surface area contributed by atoms with Crippen molar-refractivity contribution in [3.8, 4) is 5.88 Å². The first-order valence-corrected chi connectivity index (χ1v) is 8.05. The zero-order valence-electron chi connectivity index (χ0n) is 13.1. The second-order valence-corrected chi connectivity index (χ2v) is 6.04. The van der Waals surface area contributed by atoms with Gasteiger partial charge in [0, 0.05) is 24.2 Å². The van der Waals surface area contributed by atoms with E-state index in [2.05, 4.69) is 21.0 Å². The third-order valence-electron chi connectivity index (χ3n) is 4.24. The van der Waals surface area contributed by atoms with Crippen molar-refractivity contribution < 1.29 is 9.15 Å². The number of ether oxygens (including phenoxy) is 1. The van der Waals surface area contributed by atoms with E-state index in [0.717, 1.165) is 55.9 Å². The van der Waals surface area contributed by atoms with E-state index in [1.165, 1.54) is 0 Å². The van der Waals surface area contributed by atoms with Crippen LogP contribution in [0.25, 0.3) is 0 Å². The minimum Gasteiger partial charge on any atom is -0.476 e. The van der Waals surface area contributed by atoms with Gasteiger partial charge in [0.25, 0.3) is 0 Å². The number of rotatable bonds is 6. The van der Waals surface area contributed by atoms with Crippen molar-refractivity contribution in [2.75, 3.05) is 6.61 Å². The predicted octanol–water partition coefficient (Wildman–Crippen LogP) is 2.63. The fourth-order valence-corrected chi connectivity index (χ4v) is 2.93.